The van der Waals surface area contributed by atoms with Crippen molar-refractivity contribution in [3.05, 3.63) is 29.3 Å². The molecule has 1 heterocycles. The maximum atomic E-state index is 11.8. The number of aromatic nitrogens is 2. The molecule has 1 aromatic carbocycles. The molecular formula is C18H25N3O3S. The van der Waals surface area contributed by atoms with Crippen LogP contribution in [-0.2, 0) is 9.53 Å². The number of carbonyl (C=O) groups excluding carboxylic acids is 1. The third kappa shape index (κ3) is 6.51. The van der Waals surface area contributed by atoms with E-state index in [4.69, 9.17) is 9.15 Å². The topological polar surface area (TPSA) is 77.2 Å². The fourth-order valence-electron chi connectivity index (χ4n) is 2.06. The highest BCUT2D eigenvalue weighted by molar-refractivity contribution is 7.99. The molecule has 0 bridgehead atoms. The lowest BCUT2D eigenvalue weighted by Crippen LogP contribution is -2.27. The molecule has 0 radical (unpaired) electrons. The first kappa shape index (κ1) is 19.5. The number of hydrogen-bond donors (Lipinski definition) is 1. The molecule has 0 saturated carbocycles. The SMILES string of the molecule is Cc1ccc(-c2nnc(SCC(=O)NCCCOC(C)C)o2)cc1C. The Bertz CT molecular complexity index is 701. The highest BCUT2D eigenvalue weighted by Gasteiger charge is 2.11. The number of aryl methyl sites for hydroxylation is 2. The van der Waals surface area contributed by atoms with Crippen molar-refractivity contribution < 1.29 is 13.9 Å². The molecule has 0 spiro atoms. The summed E-state index contributed by atoms with van der Waals surface area (Å²) in [6.45, 7) is 9.33. The summed E-state index contributed by atoms with van der Waals surface area (Å²) in [5.74, 6) is 0.664. The van der Waals surface area contributed by atoms with Gasteiger partial charge in [0.25, 0.3) is 5.22 Å². The molecule has 2 rings (SSSR count). The van der Waals surface area contributed by atoms with Crippen LogP contribution in [0.3, 0.4) is 0 Å². The Morgan fingerprint density at radius 1 is 1.28 bits per heavy atom. The molecule has 136 valence electrons. The molecule has 0 unspecified atom stereocenters. The van der Waals surface area contributed by atoms with Crippen molar-refractivity contribution in [3.63, 3.8) is 0 Å². The van der Waals surface area contributed by atoms with E-state index < -0.39 is 0 Å². The van der Waals surface area contributed by atoms with Gasteiger partial charge in [-0.15, -0.1) is 10.2 Å². The van der Waals surface area contributed by atoms with E-state index in [0.29, 0.717) is 24.3 Å². The van der Waals surface area contributed by atoms with E-state index in [2.05, 4.69) is 22.4 Å². The van der Waals surface area contributed by atoms with Crippen LogP contribution in [0.4, 0.5) is 0 Å². The summed E-state index contributed by atoms with van der Waals surface area (Å²) < 4.78 is 11.0. The van der Waals surface area contributed by atoms with Crippen molar-refractivity contribution in [3.8, 4) is 11.5 Å². The summed E-state index contributed by atoms with van der Waals surface area (Å²) in [6, 6.07) is 6.00. The second-order valence-corrected chi connectivity index (χ2v) is 7.01. The van der Waals surface area contributed by atoms with E-state index in [0.717, 1.165) is 12.0 Å². The number of hydrogen-bond acceptors (Lipinski definition) is 6. The third-order valence-corrected chi connectivity index (χ3v) is 4.40. The normalized spacial score (nSPS) is 11.1. The lowest BCUT2D eigenvalue weighted by Gasteiger charge is -2.07. The Kier molecular flexibility index (Phi) is 7.46. The Balaban J connectivity index is 1.75. The minimum absolute atomic E-state index is 0.0551. The molecule has 6 nitrogen and oxygen atoms in total. The average Bonchev–Trinajstić information content (AvgIpc) is 3.04. The molecule has 0 aliphatic heterocycles. The van der Waals surface area contributed by atoms with E-state index in [-0.39, 0.29) is 17.8 Å². The van der Waals surface area contributed by atoms with Crippen molar-refractivity contribution in [1.29, 1.82) is 0 Å². The van der Waals surface area contributed by atoms with Gasteiger partial charge in [-0.3, -0.25) is 4.79 Å². The van der Waals surface area contributed by atoms with Gasteiger partial charge < -0.3 is 14.5 Å². The maximum Gasteiger partial charge on any atom is 0.277 e. The van der Waals surface area contributed by atoms with Crippen LogP contribution in [0.5, 0.6) is 0 Å². The molecule has 7 heteroatoms. The minimum atomic E-state index is -0.0551. The van der Waals surface area contributed by atoms with Gasteiger partial charge in [-0.05, 0) is 57.4 Å². The van der Waals surface area contributed by atoms with E-state index >= 15 is 0 Å². The van der Waals surface area contributed by atoms with Crippen LogP contribution < -0.4 is 5.32 Å². The Labute approximate surface area is 152 Å². The number of carbonyl (C=O) groups is 1. The van der Waals surface area contributed by atoms with Crippen LogP contribution in [0.25, 0.3) is 11.5 Å². The number of thioether (sulfide) groups is 1. The summed E-state index contributed by atoms with van der Waals surface area (Å²) >= 11 is 1.24. The molecule has 0 aliphatic carbocycles. The van der Waals surface area contributed by atoms with Crippen LogP contribution in [-0.4, -0.2) is 41.1 Å². The first-order valence-corrected chi connectivity index (χ1v) is 9.36. The molecule has 2 aromatic rings. The quantitative estimate of drug-likeness (QED) is 0.544. The van der Waals surface area contributed by atoms with Gasteiger partial charge in [0.15, 0.2) is 0 Å². The molecule has 0 atom stereocenters. The fraction of sp³-hybridized carbons (Fsp3) is 0.500. The summed E-state index contributed by atoms with van der Waals surface area (Å²) in [4.78, 5) is 11.8. The van der Waals surface area contributed by atoms with Crippen LogP contribution >= 0.6 is 11.8 Å². The number of amides is 1. The van der Waals surface area contributed by atoms with Crippen LogP contribution in [0.15, 0.2) is 27.8 Å². The standard InChI is InChI=1S/C18H25N3O3S/c1-12(2)23-9-5-8-19-16(22)11-25-18-21-20-17(24-18)15-7-6-13(3)14(4)10-15/h6-7,10,12H,5,8-9,11H2,1-4H3,(H,19,22). The Morgan fingerprint density at radius 2 is 2.08 bits per heavy atom. The van der Waals surface area contributed by atoms with Gasteiger partial charge in [-0.25, -0.2) is 0 Å². The van der Waals surface area contributed by atoms with Crippen LogP contribution in [0.1, 0.15) is 31.4 Å². The summed E-state index contributed by atoms with van der Waals surface area (Å²) in [7, 11) is 0. The minimum Gasteiger partial charge on any atom is -0.411 e. The zero-order valence-corrected chi connectivity index (χ0v) is 16.0. The number of ether oxygens (including phenoxy) is 1. The van der Waals surface area contributed by atoms with Crippen molar-refractivity contribution in [2.24, 2.45) is 0 Å². The molecule has 1 N–H and O–H groups in total. The van der Waals surface area contributed by atoms with Gasteiger partial charge in [0.2, 0.25) is 11.8 Å². The predicted molar refractivity (Wildman–Crippen MR) is 98.6 cm³/mol. The maximum absolute atomic E-state index is 11.8. The highest BCUT2D eigenvalue weighted by atomic mass is 32.2. The molecule has 1 aromatic heterocycles. The Hall–Kier alpha value is -1.86. The molecule has 25 heavy (non-hydrogen) atoms. The summed E-state index contributed by atoms with van der Waals surface area (Å²) in [5, 5.41) is 11.3. The second-order valence-electron chi connectivity index (χ2n) is 6.08. The van der Waals surface area contributed by atoms with Crippen LogP contribution in [0, 0.1) is 13.8 Å². The molecule has 0 fully saturated rings. The van der Waals surface area contributed by atoms with E-state index in [1.165, 1.54) is 22.9 Å². The van der Waals surface area contributed by atoms with Crippen molar-refractivity contribution in [2.75, 3.05) is 18.9 Å². The van der Waals surface area contributed by atoms with Gasteiger partial charge >= 0.3 is 0 Å². The number of benzene rings is 1. The molecular weight excluding hydrogens is 338 g/mol. The fourth-order valence-corrected chi connectivity index (χ4v) is 2.65. The second kappa shape index (κ2) is 9.58. The van der Waals surface area contributed by atoms with Gasteiger partial charge in [0.05, 0.1) is 11.9 Å². The van der Waals surface area contributed by atoms with Crippen molar-refractivity contribution >= 4 is 17.7 Å². The predicted octanol–water partition coefficient (Wildman–Crippen LogP) is 3.38. The van der Waals surface area contributed by atoms with E-state index in [9.17, 15) is 4.79 Å². The number of rotatable bonds is 9. The average molecular weight is 363 g/mol. The van der Waals surface area contributed by atoms with Gasteiger partial charge in [0, 0.05) is 18.7 Å². The van der Waals surface area contributed by atoms with Crippen molar-refractivity contribution in [2.45, 2.75) is 45.4 Å². The lowest BCUT2D eigenvalue weighted by atomic mass is 10.1. The molecule has 0 saturated heterocycles. The third-order valence-electron chi connectivity index (χ3n) is 3.58. The van der Waals surface area contributed by atoms with Gasteiger partial charge in [0.1, 0.15) is 0 Å². The van der Waals surface area contributed by atoms with Gasteiger partial charge in [-0.2, -0.15) is 0 Å². The summed E-state index contributed by atoms with van der Waals surface area (Å²) in [6.07, 6.45) is 1.02. The van der Waals surface area contributed by atoms with Crippen molar-refractivity contribution in [1.82, 2.24) is 15.5 Å². The smallest absolute Gasteiger partial charge is 0.277 e. The van der Waals surface area contributed by atoms with E-state index in [1.807, 2.05) is 39.0 Å². The first-order valence-electron chi connectivity index (χ1n) is 8.38. The van der Waals surface area contributed by atoms with E-state index in [1.54, 1.807) is 0 Å². The number of nitrogens with zero attached hydrogens (tertiary/aromatic N) is 2. The highest BCUT2D eigenvalue weighted by Crippen LogP contribution is 2.24. The molecule has 0 aliphatic rings. The van der Waals surface area contributed by atoms with Crippen LogP contribution in [0.2, 0.25) is 0 Å². The molecule has 1 amide bonds. The monoisotopic (exact) mass is 363 g/mol. The lowest BCUT2D eigenvalue weighted by molar-refractivity contribution is -0.118. The summed E-state index contributed by atoms with van der Waals surface area (Å²) in [5.41, 5.74) is 3.27. The first-order chi connectivity index (χ1) is 12.0. The largest absolute Gasteiger partial charge is 0.411 e. The zero-order chi connectivity index (χ0) is 18.2. The zero-order valence-electron chi connectivity index (χ0n) is 15.2. The number of nitrogens with one attached hydrogen (secondary N) is 1. The Morgan fingerprint density at radius 3 is 2.80 bits per heavy atom. The van der Waals surface area contributed by atoms with Gasteiger partial charge in [-0.1, -0.05) is 17.8 Å².